The number of carbonyl (C=O) groups is 1. The standard InChI is InChI=1S/C19H13F4N3O4/c1-2-28-18(27)15-17(29-13-8-6-12(20)7-9-13)24-16(26-25-15)11-4-3-5-14(10-11)30-19(21,22)23/h3-10H,2H2,1H3. The average Bonchev–Trinajstić information content (AvgIpc) is 2.69. The molecular weight excluding hydrogens is 410 g/mol. The molecule has 0 aliphatic carbocycles. The van der Waals surface area contributed by atoms with E-state index in [1.165, 1.54) is 24.3 Å². The molecule has 2 aromatic carbocycles. The van der Waals surface area contributed by atoms with Crippen LogP contribution in [0.3, 0.4) is 0 Å². The number of esters is 1. The molecule has 0 aliphatic rings. The molecule has 0 unspecified atom stereocenters. The molecule has 0 fully saturated rings. The first kappa shape index (κ1) is 21.0. The van der Waals surface area contributed by atoms with E-state index in [-0.39, 0.29) is 35.3 Å². The summed E-state index contributed by atoms with van der Waals surface area (Å²) in [6.07, 6.45) is -4.87. The van der Waals surface area contributed by atoms with Crippen LogP contribution in [0.5, 0.6) is 17.4 Å². The van der Waals surface area contributed by atoms with Gasteiger partial charge in [0, 0.05) is 5.56 Å². The van der Waals surface area contributed by atoms with Crippen LogP contribution in [0, 0.1) is 5.82 Å². The van der Waals surface area contributed by atoms with Gasteiger partial charge in [0.15, 0.2) is 5.82 Å². The number of carbonyl (C=O) groups excluding carboxylic acids is 1. The van der Waals surface area contributed by atoms with Crippen molar-refractivity contribution >= 4 is 5.97 Å². The maximum Gasteiger partial charge on any atom is 0.573 e. The lowest BCUT2D eigenvalue weighted by Crippen LogP contribution is -2.17. The molecule has 0 bridgehead atoms. The number of ether oxygens (including phenoxy) is 3. The van der Waals surface area contributed by atoms with Crippen molar-refractivity contribution in [2.24, 2.45) is 0 Å². The molecule has 0 aliphatic heterocycles. The van der Waals surface area contributed by atoms with Crippen molar-refractivity contribution < 1.29 is 36.6 Å². The molecule has 30 heavy (non-hydrogen) atoms. The predicted molar refractivity (Wildman–Crippen MR) is 94.4 cm³/mol. The van der Waals surface area contributed by atoms with E-state index in [0.29, 0.717) is 0 Å². The Morgan fingerprint density at radius 2 is 1.77 bits per heavy atom. The second-order valence-electron chi connectivity index (χ2n) is 5.64. The topological polar surface area (TPSA) is 83.4 Å². The SMILES string of the molecule is CCOC(=O)c1nnc(-c2cccc(OC(F)(F)F)c2)nc1Oc1ccc(F)cc1. The van der Waals surface area contributed by atoms with E-state index in [9.17, 15) is 22.4 Å². The molecule has 0 atom stereocenters. The van der Waals surface area contributed by atoms with Gasteiger partial charge in [0.05, 0.1) is 6.61 Å². The largest absolute Gasteiger partial charge is 0.573 e. The number of nitrogens with zero attached hydrogens (tertiary/aromatic N) is 3. The van der Waals surface area contributed by atoms with Gasteiger partial charge in [-0.1, -0.05) is 12.1 Å². The summed E-state index contributed by atoms with van der Waals surface area (Å²) in [5, 5.41) is 7.51. The van der Waals surface area contributed by atoms with Crippen molar-refractivity contribution in [3.63, 3.8) is 0 Å². The van der Waals surface area contributed by atoms with Crippen molar-refractivity contribution in [3.8, 4) is 28.8 Å². The van der Waals surface area contributed by atoms with Crippen LogP contribution in [0.2, 0.25) is 0 Å². The molecule has 0 radical (unpaired) electrons. The molecular formula is C19H13F4N3O4. The summed E-state index contributed by atoms with van der Waals surface area (Å²) >= 11 is 0. The number of halogens is 4. The number of hydrogen-bond acceptors (Lipinski definition) is 7. The molecule has 156 valence electrons. The maximum absolute atomic E-state index is 13.1. The summed E-state index contributed by atoms with van der Waals surface area (Å²) in [6, 6.07) is 9.74. The van der Waals surface area contributed by atoms with Gasteiger partial charge >= 0.3 is 12.3 Å². The number of benzene rings is 2. The summed E-state index contributed by atoms with van der Waals surface area (Å²) < 4.78 is 64.8. The Morgan fingerprint density at radius 1 is 1.03 bits per heavy atom. The third kappa shape index (κ3) is 5.40. The monoisotopic (exact) mass is 423 g/mol. The Kier molecular flexibility index (Phi) is 6.09. The van der Waals surface area contributed by atoms with Crippen LogP contribution in [-0.2, 0) is 4.74 Å². The first-order valence-corrected chi connectivity index (χ1v) is 8.46. The van der Waals surface area contributed by atoms with E-state index in [0.717, 1.165) is 24.3 Å². The molecule has 3 aromatic rings. The molecule has 0 saturated heterocycles. The van der Waals surface area contributed by atoms with Crippen molar-refractivity contribution in [3.05, 3.63) is 60.0 Å². The highest BCUT2D eigenvalue weighted by Crippen LogP contribution is 2.29. The normalized spacial score (nSPS) is 11.1. The molecule has 0 saturated carbocycles. The van der Waals surface area contributed by atoms with Crippen LogP contribution in [0.4, 0.5) is 17.6 Å². The lowest BCUT2D eigenvalue weighted by atomic mass is 10.2. The minimum Gasteiger partial charge on any atom is -0.461 e. The smallest absolute Gasteiger partial charge is 0.461 e. The fourth-order valence-electron chi connectivity index (χ4n) is 2.28. The van der Waals surface area contributed by atoms with Crippen molar-refractivity contribution in [2.45, 2.75) is 13.3 Å². The zero-order valence-corrected chi connectivity index (χ0v) is 15.3. The number of alkyl halides is 3. The van der Waals surface area contributed by atoms with Crippen LogP contribution < -0.4 is 9.47 Å². The molecule has 7 nitrogen and oxygen atoms in total. The fourth-order valence-corrected chi connectivity index (χ4v) is 2.28. The number of aromatic nitrogens is 3. The lowest BCUT2D eigenvalue weighted by Gasteiger charge is -2.11. The van der Waals surface area contributed by atoms with E-state index in [1.807, 2.05) is 0 Å². The first-order valence-electron chi connectivity index (χ1n) is 8.46. The highest BCUT2D eigenvalue weighted by molar-refractivity contribution is 5.89. The third-order valence-corrected chi connectivity index (χ3v) is 3.48. The van der Waals surface area contributed by atoms with Gasteiger partial charge in [-0.2, -0.15) is 4.98 Å². The fraction of sp³-hybridized carbons (Fsp3) is 0.158. The molecule has 1 aromatic heterocycles. The van der Waals surface area contributed by atoms with Gasteiger partial charge in [-0.25, -0.2) is 9.18 Å². The van der Waals surface area contributed by atoms with Crippen LogP contribution in [-0.4, -0.2) is 34.1 Å². The van der Waals surface area contributed by atoms with E-state index < -0.39 is 23.9 Å². The van der Waals surface area contributed by atoms with Gasteiger partial charge in [0.2, 0.25) is 5.69 Å². The van der Waals surface area contributed by atoms with Crippen molar-refractivity contribution in [1.82, 2.24) is 15.2 Å². The Bertz CT molecular complexity index is 1040. The predicted octanol–water partition coefficient (Wildman–Crippen LogP) is 4.55. The summed E-state index contributed by atoms with van der Waals surface area (Å²) in [7, 11) is 0. The Hall–Kier alpha value is -3.76. The second kappa shape index (κ2) is 8.72. The highest BCUT2D eigenvalue weighted by atomic mass is 19.4. The van der Waals surface area contributed by atoms with E-state index in [1.54, 1.807) is 6.92 Å². The zero-order valence-electron chi connectivity index (χ0n) is 15.3. The molecule has 1 heterocycles. The summed E-state index contributed by atoms with van der Waals surface area (Å²) in [6.45, 7) is 1.63. The maximum atomic E-state index is 13.1. The van der Waals surface area contributed by atoms with Crippen molar-refractivity contribution in [1.29, 1.82) is 0 Å². The highest BCUT2D eigenvalue weighted by Gasteiger charge is 2.31. The Balaban J connectivity index is 1.99. The van der Waals surface area contributed by atoms with Gasteiger partial charge < -0.3 is 14.2 Å². The number of rotatable bonds is 6. The minimum absolute atomic E-state index is 0.0507. The van der Waals surface area contributed by atoms with E-state index in [4.69, 9.17) is 9.47 Å². The minimum atomic E-state index is -4.87. The van der Waals surface area contributed by atoms with Crippen LogP contribution in [0.15, 0.2) is 48.5 Å². The van der Waals surface area contributed by atoms with Gasteiger partial charge in [-0.3, -0.25) is 0 Å². The average molecular weight is 423 g/mol. The summed E-state index contributed by atoms with van der Waals surface area (Å²) in [5.41, 5.74) is -0.226. The van der Waals surface area contributed by atoms with Gasteiger partial charge in [0.1, 0.15) is 17.3 Å². The van der Waals surface area contributed by atoms with E-state index in [2.05, 4.69) is 19.9 Å². The first-order chi connectivity index (χ1) is 14.2. The van der Waals surface area contributed by atoms with Crippen molar-refractivity contribution in [2.75, 3.05) is 6.61 Å². The third-order valence-electron chi connectivity index (χ3n) is 3.48. The van der Waals surface area contributed by atoms with Crippen LogP contribution >= 0.6 is 0 Å². The molecule has 0 spiro atoms. The number of hydrogen-bond donors (Lipinski definition) is 0. The quantitative estimate of drug-likeness (QED) is 0.425. The molecule has 0 amide bonds. The van der Waals surface area contributed by atoms with E-state index >= 15 is 0 Å². The Labute approximate surface area is 167 Å². The zero-order chi connectivity index (χ0) is 21.7. The van der Waals surface area contributed by atoms with Crippen LogP contribution in [0.25, 0.3) is 11.4 Å². The van der Waals surface area contributed by atoms with Crippen LogP contribution in [0.1, 0.15) is 17.4 Å². The second-order valence-corrected chi connectivity index (χ2v) is 5.64. The van der Waals surface area contributed by atoms with Gasteiger partial charge in [-0.05, 0) is 43.3 Å². The molecule has 3 rings (SSSR count). The lowest BCUT2D eigenvalue weighted by molar-refractivity contribution is -0.274. The summed E-state index contributed by atoms with van der Waals surface area (Å²) in [4.78, 5) is 16.2. The van der Waals surface area contributed by atoms with Gasteiger partial charge in [-0.15, -0.1) is 23.4 Å². The van der Waals surface area contributed by atoms with Gasteiger partial charge in [0.25, 0.3) is 5.88 Å². The molecule has 0 N–H and O–H groups in total. The molecule has 11 heteroatoms. The summed E-state index contributed by atoms with van der Waals surface area (Å²) in [5.74, 6) is -2.16. The Morgan fingerprint density at radius 3 is 2.43 bits per heavy atom.